The highest BCUT2D eigenvalue weighted by atomic mass is 32.2. The summed E-state index contributed by atoms with van der Waals surface area (Å²) in [5.41, 5.74) is 1.56. The third kappa shape index (κ3) is 4.26. The molecular formula is C21H26N2O6S. The van der Waals surface area contributed by atoms with Crippen molar-refractivity contribution in [1.82, 2.24) is 4.90 Å². The second kappa shape index (κ2) is 9.42. The summed E-state index contributed by atoms with van der Waals surface area (Å²) < 4.78 is 16.1. The Morgan fingerprint density at radius 3 is 2.43 bits per heavy atom. The highest BCUT2D eigenvalue weighted by molar-refractivity contribution is 8.18. The Morgan fingerprint density at radius 2 is 1.83 bits per heavy atom. The maximum Gasteiger partial charge on any atom is 0.329 e. The lowest BCUT2D eigenvalue weighted by molar-refractivity contribution is -0.150. The molecule has 162 valence electrons. The molecule has 0 unspecified atom stereocenters. The first kappa shape index (κ1) is 22.0. The zero-order valence-corrected chi connectivity index (χ0v) is 18.4. The minimum atomic E-state index is -0.989. The van der Waals surface area contributed by atoms with Crippen LogP contribution in [0.4, 0.5) is 10.5 Å². The van der Waals surface area contributed by atoms with E-state index in [1.807, 2.05) is 6.07 Å². The van der Waals surface area contributed by atoms with Gasteiger partial charge in [-0.2, -0.15) is 0 Å². The number of rotatable bonds is 7. The maximum atomic E-state index is 12.8. The van der Waals surface area contributed by atoms with E-state index in [4.69, 9.17) is 14.2 Å². The molecule has 2 aliphatic heterocycles. The maximum absolute atomic E-state index is 12.8. The van der Waals surface area contributed by atoms with Crippen molar-refractivity contribution in [3.8, 4) is 11.5 Å². The highest BCUT2D eigenvalue weighted by Gasteiger charge is 2.41. The number of carbonyl (C=O) groups excluding carboxylic acids is 3. The fourth-order valence-electron chi connectivity index (χ4n) is 3.55. The third-order valence-corrected chi connectivity index (χ3v) is 5.99. The number of amides is 2. The molecule has 0 spiro atoms. The number of anilines is 1. The van der Waals surface area contributed by atoms with Crippen LogP contribution in [0.2, 0.25) is 0 Å². The molecule has 2 heterocycles. The SMILES string of the molecule is CCOC(=O)[C@@H](C)N1C(=O)S/C(=C/c2cc(OC)c(N3CCCC3)cc2OC)C1=O. The van der Waals surface area contributed by atoms with Gasteiger partial charge in [0.05, 0.1) is 31.4 Å². The normalized spacial score (nSPS) is 18.9. The van der Waals surface area contributed by atoms with Crippen LogP contribution in [-0.4, -0.2) is 62.0 Å². The lowest BCUT2D eigenvalue weighted by atomic mass is 10.1. The molecule has 0 N–H and O–H groups in total. The summed E-state index contributed by atoms with van der Waals surface area (Å²) in [5, 5.41) is -0.508. The first-order valence-electron chi connectivity index (χ1n) is 9.85. The van der Waals surface area contributed by atoms with E-state index in [9.17, 15) is 14.4 Å². The van der Waals surface area contributed by atoms with Gasteiger partial charge < -0.3 is 19.1 Å². The largest absolute Gasteiger partial charge is 0.496 e. The summed E-state index contributed by atoms with van der Waals surface area (Å²) in [6.07, 6.45) is 3.84. The lowest BCUT2D eigenvalue weighted by Gasteiger charge is -2.22. The molecule has 9 heteroatoms. The number of benzene rings is 1. The molecule has 1 atom stereocenters. The fraction of sp³-hybridized carbons (Fsp3) is 0.476. The van der Waals surface area contributed by atoms with Crippen molar-refractivity contribution in [3.05, 3.63) is 22.6 Å². The summed E-state index contributed by atoms with van der Waals surface area (Å²) in [5.74, 6) is 0.0940. The van der Waals surface area contributed by atoms with Crippen molar-refractivity contribution in [2.24, 2.45) is 0 Å². The second-order valence-corrected chi connectivity index (χ2v) is 7.93. The lowest BCUT2D eigenvalue weighted by Crippen LogP contribution is -2.42. The van der Waals surface area contributed by atoms with E-state index in [2.05, 4.69) is 4.90 Å². The van der Waals surface area contributed by atoms with Crippen LogP contribution in [0.15, 0.2) is 17.0 Å². The number of imide groups is 1. The number of nitrogens with zero attached hydrogens (tertiary/aromatic N) is 2. The van der Waals surface area contributed by atoms with Crippen molar-refractivity contribution in [3.63, 3.8) is 0 Å². The highest BCUT2D eigenvalue weighted by Crippen LogP contribution is 2.40. The molecule has 0 aliphatic carbocycles. The van der Waals surface area contributed by atoms with Gasteiger partial charge in [-0.15, -0.1) is 0 Å². The van der Waals surface area contributed by atoms with Crippen LogP contribution in [0, 0.1) is 0 Å². The van der Waals surface area contributed by atoms with E-state index in [-0.39, 0.29) is 11.5 Å². The summed E-state index contributed by atoms with van der Waals surface area (Å²) in [7, 11) is 3.15. The minimum Gasteiger partial charge on any atom is -0.496 e. The molecular weight excluding hydrogens is 408 g/mol. The van der Waals surface area contributed by atoms with Gasteiger partial charge in [0.25, 0.3) is 11.1 Å². The topological polar surface area (TPSA) is 85.4 Å². The quantitative estimate of drug-likeness (QED) is 0.477. The molecule has 2 saturated heterocycles. The van der Waals surface area contributed by atoms with Gasteiger partial charge in [-0.3, -0.25) is 14.5 Å². The summed E-state index contributed by atoms with van der Waals surface area (Å²) in [4.78, 5) is 40.6. The minimum absolute atomic E-state index is 0.176. The van der Waals surface area contributed by atoms with E-state index >= 15 is 0 Å². The Bertz CT molecular complexity index is 878. The molecule has 30 heavy (non-hydrogen) atoms. The molecule has 0 radical (unpaired) electrons. The first-order valence-corrected chi connectivity index (χ1v) is 10.7. The summed E-state index contributed by atoms with van der Waals surface area (Å²) in [6.45, 7) is 5.22. The van der Waals surface area contributed by atoms with Crippen LogP contribution in [-0.2, 0) is 14.3 Å². The van der Waals surface area contributed by atoms with Crippen molar-refractivity contribution in [1.29, 1.82) is 0 Å². The first-order chi connectivity index (χ1) is 14.4. The van der Waals surface area contributed by atoms with E-state index in [1.54, 1.807) is 33.3 Å². The molecule has 2 fully saturated rings. The standard InChI is InChI=1S/C21H26N2O6S/c1-5-29-20(25)13(2)23-19(24)18(30-21(23)26)11-14-10-17(28-4)15(12-16(14)27-3)22-8-6-7-9-22/h10-13H,5-9H2,1-4H3/b18-11+/t13-/m1/s1. The van der Waals surface area contributed by atoms with Gasteiger partial charge in [-0.1, -0.05) is 0 Å². The Morgan fingerprint density at radius 1 is 1.17 bits per heavy atom. The Kier molecular flexibility index (Phi) is 6.91. The van der Waals surface area contributed by atoms with E-state index in [0.717, 1.165) is 48.3 Å². The zero-order valence-electron chi connectivity index (χ0n) is 17.6. The average molecular weight is 435 g/mol. The number of thioether (sulfide) groups is 1. The number of methoxy groups -OCH3 is 2. The predicted octanol–water partition coefficient (Wildman–Crippen LogP) is 3.29. The van der Waals surface area contributed by atoms with E-state index in [1.165, 1.54) is 6.92 Å². The van der Waals surface area contributed by atoms with Crippen LogP contribution in [0.3, 0.4) is 0 Å². The third-order valence-electron chi connectivity index (χ3n) is 5.10. The smallest absolute Gasteiger partial charge is 0.329 e. The van der Waals surface area contributed by atoms with Crippen LogP contribution >= 0.6 is 11.8 Å². The fourth-order valence-corrected chi connectivity index (χ4v) is 4.45. The van der Waals surface area contributed by atoms with Crippen LogP contribution < -0.4 is 14.4 Å². The molecule has 0 saturated carbocycles. The zero-order chi connectivity index (χ0) is 21.8. The predicted molar refractivity (Wildman–Crippen MR) is 115 cm³/mol. The van der Waals surface area contributed by atoms with Crippen molar-refractivity contribution < 1.29 is 28.6 Å². The second-order valence-electron chi connectivity index (χ2n) is 6.94. The van der Waals surface area contributed by atoms with Gasteiger partial charge >= 0.3 is 5.97 Å². The number of ether oxygens (including phenoxy) is 3. The molecule has 0 bridgehead atoms. The van der Waals surface area contributed by atoms with Gasteiger partial charge in [0.1, 0.15) is 17.5 Å². The number of esters is 1. The molecule has 0 aromatic heterocycles. The van der Waals surface area contributed by atoms with Gasteiger partial charge in [0, 0.05) is 24.7 Å². The van der Waals surface area contributed by atoms with Crippen molar-refractivity contribution in [2.45, 2.75) is 32.7 Å². The van der Waals surface area contributed by atoms with E-state index < -0.39 is 23.2 Å². The van der Waals surface area contributed by atoms with Crippen molar-refractivity contribution >= 4 is 40.6 Å². The molecule has 1 aromatic rings. The number of hydrogen-bond acceptors (Lipinski definition) is 8. The van der Waals surface area contributed by atoms with Crippen molar-refractivity contribution in [2.75, 3.05) is 38.8 Å². The van der Waals surface area contributed by atoms with E-state index in [0.29, 0.717) is 17.1 Å². The molecule has 1 aromatic carbocycles. The van der Waals surface area contributed by atoms with Gasteiger partial charge in [0.15, 0.2) is 0 Å². The van der Waals surface area contributed by atoms with Crippen LogP contribution in [0.5, 0.6) is 11.5 Å². The molecule has 2 amide bonds. The number of hydrogen-bond donors (Lipinski definition) is 0. The van der Waals surface area contributed by atoms with Gasteiger partial charge in [-0.05, 0) is 50.6 Å². The van der Waals surface area contributed by atoms with Crippen LogP contribution in [0.25, 0.3) is 6.08 Å². The molecule has 3 rings (SSSR count). The summed E-state index contributed by atoms with van der Waals surface area (Å²) >= 11 is 0.787. The Labute approximate surface area is 180 Å². The van der Waals surface area contributed by atoms with Gasteiger partial charge in [-0.25, -0.2) is 4.79 Å². The Balaban J connectivity index is 1.93. The molecule has 8 nitrogen and oxygen atoms in total. The Hall–Kier alpha value is -2.68. The van der Waals surface area contributed by atoms with Crippen LogP contribution in [0.1, 0.15) is 32.3 Å². The van der Waals surface area contributed by atoms with Gasteiger partial charge in [0.2, 0.25) is 0 Å². The monoisotopic (exact) mass is 434 g/mol. The summed E-state index contributed by atoms with van der Waals surface area (Å²) in [6, 6.07) is 2.70. The molecule has 2 aliphatic rings. The average Bonchev–Trinajstić information content (AvgIpc) is 3.36. The number of carbonyl (C=O) groups is 3.